The summed E-state index contributed by atoms with van der Waals surface area (Å²) >= 11 is 0. The second-order valence-corrected chi connectivity index (χ2v) is 5.57. The Balaban J connectivity index is 2.18. The quantitative estimate of drug-likeness (QED) is 0.757. The number of hydrogen-bond donors (Lipinski definition) is 2. The van der Waals surface area contributed by atoms with Crippen LogP contribution in [0.5, 0.6) is 0 Å². The molecule has 9 heteroatoms. The van der Waals surface area contributed by atoms with Crippen molar-refractivity contribution in [1.29, 1.82) is 0 Å². The van der Waals surface area contributed by atoms with Crippen molar-refractivity contribution in [1.82, 2.24) is 24.1 Å². The van der Waals surface area contributed by atoms with Crippen molar-refractivity contribution in [3.8, 4) is 0 Å². The van der Waals surface area contributed by atoms with Crippen LogP contribution in [0.25, 0.3) is 0 Å². The van der Waals surface area contributed by atoms with Crippen LogP contribution in [0.2, 0.25) is 0 Å². The zero-order valence-corrected chi connectivity index (χ0v) is 10.8. The van der Waals surface area contributed by atoms with Gasteiger partial charge in [0.1, 0.15) is 0 Å². The molecule has 0 aliphatic heterocycles. The van der Waals surface area contributed by atoms with Crippen LogP contribution in [-0.2, 0) is 30.7 Å². The minimum atomic E-state index is -3.68. The Kier molecular flexibility index (Phi) is 3.09. The topological polar surface area (TPSA) is 108 Å². The molecule has 0 bridgehead atoms. The number of imidazole rings is 1. The van der Waals surface area contributed by atoms with Gasteiger partial charge >= 0.3 is 0 Å². The molecule has 18 heavy (non-hydrogen) atoms. The van der Waals surface area contributed by atoms with E-state index in [9.17, 15) is 8.42 Å². The minimum absolute atomic E-state index is 0.0174. The first kappa shape index (κ1) is 12.6. The first-order valence-electron chi connectivity index (χ1n) is 5.14. The molecule has 3 N–H and O–H groups in total. The fourth-order valence-electron chi connectivity index (χ4n) is 1.57. The van der Waals surface area contributed by atoms with Crippen molar-refractivity contribution >= 4 is 15.8 Å². The van der Waals surface area contributed by atoms with E-state index in [1.165, 1.54) is 10.9 Å². The van der Waals surface area contributed by atoms with Crippen LogP contribution in [0.4, 0.5) is 5.82 Å². The minimum Gasteiger partial charge on any atom is -0.381 e. The van der Waals surface area contributed by atoms with Crippen molar-refractivity contribution in [2.75, 3.05) is 5.73 Å². The van der Waals surface area contributed by atoms with E-state index in [-0.39, 0.29) is 17.4 Å². The number of nitrogen functional groups attached to an aromatic ring is 1. The predicted molar refractivity (Wildman–Crippen MR) is 64.9 cm³/mol. The van der Waals surface area contributed by atoms with Crippen molar-refractivity contribution in [2.45, 2.75) is 11.6 Å². The zero-order valence-electron chi connectivity index (χ0n) is 10.0. The number of nitrogens with one attached hydrogen (secondary N) is 1. The number of nitrogens with two attached hydrogens (primary N) is 1. The highest BCUT2D eigenvalue weighted by Crippen LogP contribution is 2.15. The summed E-state index contributed by atoms with van der Waals surface area (Å²) in [7, 11) is -0.346. The summed E-state index contributed by atoms with van der Waals surface area (Å²) in [6, 6.07) is 0. The molecule has 0 fully saturated rings. The molecule has 0 aliphatic rings. The third kappa shape index (κ3) is 2.36. The lowest BCUT2D eigenvalue weighted by atomic mass is 10.4. The highest BCUT2D eigenvalue weighted by molar-refractivity contribution is 7.89. The average molecular weight is 270 g/mol. The second kappa shape index (κ2) is 4.42. The van der Waals surface area contributed by atoms with Gasteiger partial charge in [-0.1, -0.05) is 0 Å². The highest BCUT2D eigenvalue weighted by Gasteiger charge is 2.22. The third-order valence-electron chi connectivity index (χ3n) is 2.39. The molecule has 0 aromatic carbocycles. The first-order chi connectivity index (χ1) is 8.40. The van der Waals surface area contributed by atoms with Crippen LogP contribution in [0.1, 0.15) is 5.56 Å². The van der Waals surface area contributed by atoms with Crippen LogP contribution in [0, 0.1) is 0 Å². The molecule has 0 saturated heterocycles. The van der Waals surface area contributed by atoms with E-state index in [2.05, 4.69) is 14.8 Å². The number of nitrogens with zero attached hydrogens (tertiary/aromatic N) is 4. The highest BCUT2D eigenvalue weighted by atomic mass is 32.2. The van der Waals surface area contributed by atoms with Gasteiger partial charge in [-0.3, -0.25) is 4.68 Å². The van der Waals surface area contributed by atoms with Gasteiger partial charge in [0.2, 0.25) is 0 Å². The van der Waals surface area contributed by atoms with E-state index in [4.69, 9.17) is 5.73 Å². The standard InChI is InChI=1S/C9H14N6O2S/c1-14-6-11-8(10)9(14)18(16,17)13-4-7-3-12-15(2)5-7/h3,5-6,13H,4,10H2,1-2H3. The molecule has 0 aliphatic carbocycles. The van der Waals surface area contributed by atoms with Crippen molar-refractivity contribution in [2.24, 2.45) is 14.1 Å². The molecule has 98 valence electrons. The molecule has 0 saturated carbocycles. The van der Waals surface area contributed by atoms with Crippen LogP contribution in [-0.4, -0.2) is 27.7 Å². The molecular weight excluding hydrogens is 256 g/mol. The van der Waals surface area contributed by atoms with Crippen LogP contribution < -0.4 is 10.5 Å². The number of sulfonamides is 1. The summed E-state index contributed by atoms with van der Waals surface area (Å²) in [5, 5.41) is 3.92. The Labute approximate surface area is 104 Å². The Morgan fingerprint density at radius 3 is 2.67 bits per heavy atom. The fraction of sp³-hybridized carbons (Fsp3) is 0.333. The lowest BCUT2D eigenvalue weighted by Gasteiger charge is -2.06. The number of aryl methyl sites for hydroxylation is 2. The van der Waals surface area contributed by atoms with Crippen molar-refractivity contribution in [3.05, 3.63) is 24.3 Å². The number of anilines is 1. The molecule has 0 spiro atoms. The third-order valence-corrected chi connectivity index (χ3v) is 3.92. The largest absolute Gasteiger partial charge is 0.381 e. The summed E-state index contributed by atoms with van der Waals surface area (Å²) in [6.45, 7) is 0.154. The molecule has 2 heterocycles. The van der Waals surface area contributed by atoms with Crippen LogP contribution in [0.15, 0.2) is 23.7 Å². The maximum absolute atomic E-state index is 12.0. The molecule has 2 aromatic rings. The summed E-state index contributed by atoms with van der Waals surface area (Å²) in [6.07, 6.45) is 4.68. The van der Waals surface area contributed by atoms with Crippen LogP contribution >= 0.6 is 0 Å². The van der Waals surface area contributed by atoms with E-state index in [1.807, 2.05) is 0 Å². The van der Waals surface area contributed by atoms with Gasteiger partial charge in [0.15, 0.2) is 10.8 Å². The summed E-state index contributed by atoms with van der Waals surface area (Å²) in [5.74, 6) is -0.0174. The normalized spacial score (nSPS) is 11.9. The molecule has 2 rings (SSSR count). The molecule has 0 atom stereocenters. The van der Waals surface area contributed by atoms with Gasteiger partial charge in [-0.25, -0.2) is 18.1 Å². The average Bonchev–Trinajstić information content (AvgIpc) is 2.83. The summed E-state index contributed by atoms with van der Waals surface area (Å²) in [4.78, 5) is 3.75. The smallest absolute Gasteiger partial charge is 0.260 e. The summed E-state index contributed by atoms with van der Waals surface area (Å²) in [5.41, 5.74) is 6.30. The maximum atomic E-state index is 12.0. The number of hydrogen-bond acceptors (Lipinski definition) is 5. The van der Waals surface area contributed by atoms with Crippen LogP contribution in [0.3, 0.4) is 0 Å². The lowest BCUT2D eigenvalue weighted by Crippen LogP contribution is -2.25. The van der Waals surface area contributed by atoms with Gasteiger partial charge in [-0.05, 0) is 0 Å². The number of aromatic nitrogens is 4. The molecule has 0 amide bonds. The Bertz CT molecular complexity index is 637. The second-order valence-electron chi connectivity index (χ2n) is 3.89. The monoisotopic (exact) mass is 270 g/mol. The van der Waals surface area contributed by atoms with Gasteiger partial charge in [0, 0.05) is 32.4 Å². The Morgan fingerprint density at radius 1 is 1.44 bits per heavy atom. The molecule has 0 radical (unpaired) electrons. The maximum Gasteiger partial charge on any atom is 0.260 e. The van der Waals surface area contributed by atoms with Gasteiger partial charge in [0.05, 0.1) is 12.5 Å². The van der Waals surface area contributed by atoms with Gasteiger partial charge in [-0.15, -0.1) is 0 Å². The number of rotatable bonds is 4. The Morgan fingerprint density at radius 2 is 2.17 bits per heavy atom. The van der Waals surface area contributed by atoms with Crippen molar-refractivity contribution in [3.63, 3.8) is 0 Å². The Hall–Kier alpha value is -1.87. The zero-order chi connectivity index (χ0) is 13.3. The SMILES string of the molecule is Cn1cc(CNS(=O)(=O)c2c(N)ncn2C)cn1. The summed E-state index contributed by atoms with van der Waals surface area (Å²) < 4.78 is 29.5. The van der Waals surface area contributed by atoms with E-state index < -0.39 is 10.0 Å². The van der Waals surface area contributed by atoms with E-state index >= 15 is 0 Å². The first-order valence-corrected chi connectivity index (χ1v) is 6.62. The molecule has 8 nitrogen and oxygen atoms in total. The molecule has 2 aromatic heterocycles. The van der Waals surface area contributed by atoms with Gasteiger partial charge in [0.25, 0.3) is 10.0 Å². The lowest BCUT2D eigenvalue weighted by molar-refractivity contribution is 0.571. The van der Waals surface area contributed by atoms with E-state index in [0.29, 0.717) is 0 Å². The molecular formula is C9H14N6O2S. The predicted octanol–water partition coefficient (Wildman–Crippen LogP) is -0.786. The van der Waals surface area contributed by atoms with Crippen molar-refractivity contribution < 1.29 is 8.42 Å². The van der Waals surface area contributed by atoms with E-state index in [1.54, 1.807) is 31.2 Å². The van der Waals surface area contributed by atoms with E-state index in [0.717, 1.165) is 5.56 Å². The van der Waals surface area contributed by atoms with Gasteiger partial charge in [-0.2, -0.15) is 5.10 Å². The van der Waals surface area contributed by atoms with Gasteiger partial charge < -0.3 is 10.3 Å². The fourth-order valence-corrected chi connectivity index (χ4v) is 2.82. The molecule has 0 unspecified atom stereocenters.